The van der Waals surface area contributed by atoms with Crippen LogP contribution in [0.3, 0.4) is 0 Å². The van der Waals surface area contributed by atoms with Crippen molar-refractivity contribution in [2.45, 2.75) is 23.8 Å². The Labute approximate surface area is 122 Å². The number of carbonyl (C=O) groups excluding carboxylic acids is 2. The number of imide groups is 1. The van der Waals surface area contributed by atoms with Gasteiger partial charge in [-0.3, -0.25) is 10.1 Å². The summed E-state index contributed by atoms with van der Waals surface area (Å²) in [6.45, 7) is 2.03. The van der Waals surface area contributed by atoms with Gasteiger partial charge in [-0.25, -0.2) is 13.2 Å². The number of hydrogen-bond acceptors (Lipinski definition) is 4. The number of sulfonamides is 1. The number of rotatable bonds is 2. The normalized spacial score (nSPS) is 26.1. The molecule has 1 unspecified atom stereocenters. The van der Waals surface area contributed by atoms with Crippen molar-refractivity contribution < 1.29 is 18.0 Å². The van der Waals surface area contributed by atoms with Gasteiger partial charge in [0.05, 0.1) is 4.90 Å². The molecule has 7 nitrogen and oxygen atoms in total. The number of nitrogens with one attached hydrogen (secondary N) is 2. The lowest BCUT2D eigenvalue weighted by molar-refractivity contribution is -0.123. The third kappa shape index (κ3) is 2.20. The van der Waals surface area contributed by atoms with Crippen molar-refractivity contribution in [2.24, 2.45) is 0 Å². The van der Waals surface area contributed by atoms with Crippen LogP contribution in [0.15, 0.2) is 29.2 Å². The van der Waals surface area contributed by atoms with Crippen LogP contribution in [0.25, 0.3) is 0 Å². The second kappa shape index (κ2) is 4.54. The average Bonchev–Trinajstić information content (AvgIpc) is 2.96. The van der Waals surface area contributed by atoms with E-state index >= 15 is 0 Å². The van der Waals surface area contributed by atoms with Crippen molar-refractivity contribution in [3.63, 3.8) is 0 Å². The molecule has 112 valence electrons. The van der Waals surface area contributed by atoms with E-state index in [0.29, 0.717) is 0 Å². The quantitative estimate of drug-likeness (QED) is 0.750. The van der Waals surface area contributed by atoms with Crippen LogP contribution in [-0.2, 0) is 14.8 Å². The van der Waals surface area contributed by atoms with Crippen molar-refractivity contribution in [3.8, 4) is 0 Å². The fraction of sp³-hybridized carbons (Fsp3) is 0.385. The van der Waals surface area contributed by atoms with E-state index in [2.05, 4.69) is 10.6 Å². The lowest BCUT2D eigenvalue weighted by Gasteiger charge is -2.21. The van der Waals surface area contributed by atoms with E-state index in [0.717, 1.165) is 5.56 Å². The Morgan fingerprint density at radius 1 is 1.19 bits per heavy atom. The van der Waals surface area contributed by atoms with Crippen LogP contribution in [0.4, 0.5) is 4.79 Å². The zero-order chi connectivity index (χ0) is 15.3. The van der Waals surface area contributed by atoms with Gasteiger partial charge in [0.1, 0.15) is 5.54 Å². The summed E-state index contributed by atoms with van der Waals surface area (Å²) in [5.74, 6) is -0.464. The van der Waals surface area contributed by atoms with Crippen molar-refractivity contribution in [3.05, 3.63) is 29.8 Å². The highest BCUT2D eigenvalue weighted by molar-refractivity contribution is 7.89. The molecule has 2 heterocycles. The minimum Gasteiger partial charge on any atom is -0.322 e. The monoisotopic (exact) mass is 309 g/mol. The fourth-order valence-electron chi connectivity index (χ4n) is 2.65. The van der Waals surface area contributed by atoms with Gasteiger partial charge >= 0.3 is 6.03 Å². The van der Waals surface area contributed by atoms with Crippen LogP contribution < -0.4 is 10.6 Å². The molecule has 0 aromatic heterocycles. The predicted octanol–water partition coefficient (Wildman–Crippen LogP) is -0.0324. The highest BCUT2D eigenvalue weighted by Crippen LogP contribution is 2.29. The molecule has 2 N–H and O–H groups in total. The maximum atomic E-state index is 12.6. The molecule has 2 aliphatic heterocycles. The summed E-state index contributed by atoms with van der Waals surface area (Å²) in [6.07, 6.45) is 0.273. The van der Waals surface area contributed by atoms with Crippen molar-refractivity contribution in [2.75, 3.05) is 13.1 Å². The highest BCUT2D eigenvalue weighted by atomic mass is 32.2. The number of hydrogen-bond donors (Lipinski definition) is 2. The third-order valence-corrected chi connectivity index (χ3v) is 5.77. The molecule has 3 rings (SSSR count). The Morgan fingerprint density at radius 2 is 1.86 bits per heavy atom. The molecular formula is C13H15N3O4S. The molecule has 2 aliphatic rings. The summed E-state index contributed by atoms with van der Waals surface area (Å²) < 4.78 is 26.3. The second-order valence-electron chi connectivity index (χ2n) is 5.39. The van der Waals surface area contributed by atoms with Gasteiger partial charge in [0.25, 0.3) is 5.91 Å². The van der Waals surface area contributed by atoms with Crippen LogP contribution in [0.1, 0.15) is 12.0 Å². The van der Waals surface area contributed by atoms with E-state index < -0.39 is 27.5 Å². The number of amides is 3. The zero-order valence-electron chi connectivity index (χ0n) is 11.4. The molecule has 1 spiro atoms. The van der Waals surface area contributed by atoms with Gasteiger partial charge in [0, 0.05) is 13.1 Å². The summed E-state index contributed by atoms with van der Waals surface area (Å²) in [6, 6.07) is 5.96. The number of aryl methyl sites for hydroxylation is 1. The van der Waals surface area contributed by atoms with Gasteiger partial charge in [-0.2, -0.15) is 4.31 Å². The van der Waals surface area contributed by atoms with Gasteiger partial charge < -0.3 is 5.32 Å². The molecule has 1 aromatic carbocycles. The lowest BCUT2D eigenvalue weighted by Crippen LogP contribution is -2.49. The fourth-order valence-corrected chi connectivity index (χ4v) is 4.15. The Bertz CT molecular complexity index is 713. The molecule has 0 saturated carbocycles. The molecule has 1 atom stereocenters. The molecule has 0 bridgehead atoms. The smallest absolute Gasteiger partial charge is 0.322 e. The average molecular weight is 309 g/mol. The first-order valence-corrected chi connectivity index (χ1v) is 7.98. The molecule has 8 heteroatoms. The van der Waals surface area contributed by atoms with Gasteiger partial charge in [-0.15, -0.1) is 0 Å². The number of benzene rings is 1. The van der Waals surface area contributed by atoms with Crippen LogP contribution >= 0.6 is 0 Å². The number of urea groups is 1. The summed E-state index contributed by atoms with van der Waals surface area (Å²) in [5.41, 5.74) is -0.163. The van der Waals surface area contributed by atoms with E-state index in [1.165, 1.54) is 4.31 Å². The largest absolute Gasteiger partial charge is 0.322 e. The number of nitrogens with zero attached hydrogens (tertiary/aromatic N) is 1. The first-order valence-electron chi connectivity index (χ1n) is 6.54. The van der Waals surface area contributed by atoms with Gasteiger partial charge in [-0.05, 0) is 25.5 Å². The van der Waals surface area contributed by atoms with Crippen LogP contribution in [-0.4, -0.2) is 43.3 Å². The molecule has 3 amide bonds. The van der Waals surface area contributed by atoms with Crippen LogP contribution in [0, 0.1) is 6.92 Å². The molecule has 2 saturated heterocycles. The summed E-state index contributed by atoms with van der Waals surface area (Å²) >= 11 is 0. The van der Waals surface area contributed by atoms with E-state index in [1.807, 2.05) is 6.92 Å². The van der Waals surface area contributed by atoms with Crippen LogP contribution in [0.2, 0.25) is 0 Å². The molecular weight excluding hydrogens is 294 g/mol. The first kappa shape index (κ1) is 14.0. The Morgan fingerprint density at radius 3 is 2.43 bits per heavy atom. The molecule has 0 aliphatic carbocycles. The third-order valence-electron chi connectivity index (χ3n) is 3.91. The minimum absolute atomic E-state index is 0.0409. The minimum atomic E-state index is -3.66. The van der Waals surface area contributed by atoms with Crippen LogP contribution in [0.5, 0.6) is 0 Å². The zero-order valence-corrected chi connectivity index (χ0v) is 12.2. The second-order valence-corrected chi connectivity index (χ2v) is 7.33. The van der Waals surface area contributed by atoms with Gasteiger partial charge in [-0.1, -0.05) is 17.7 Å². The first-order chi connectivity index (χ1) is 9.83. The Kier molecular flexibility index (Phi) is 3.03. The van der Waals surface area contributed by atoms with E-state index in [-0.39, 0.29) is 24.4 Å². The summed E-state index contributed by atoms with van der Waals surface area (Å²) in [7, 11) is -3.66. The number of carbonyl (C=O) groups is 2. The molecule has 21 heavy (non-hydrogen) atoms. The molecule has 2 fully saturated rings. The molecule has 1 aromatic rings. The Balaban J connectivity index is 1.87. The maximum absolute atomic E-state index is 12.6. The Hall–Kier alpha value is -1.93. The van der Waals surface area contributed by atoms with Crippen molar-refractivity contribution in [1.29, 1.82) is 0 Å². The lowest BCUT2D eigenvalue weighted by atomic mass is 10.00. The molecule has 0 radical (unpaired) electrons. The van der Waals surface area contributed by atoms with Crippen molar-refractivity contribution in [1.82, 2.24) is 14.9 Å². The standard InChI is InChI=1S/C13H15N3O4S/c1-9-2-4-10(5-3-9)21(19,20)16-7-6-13(8-16)11(17)14-12(18)15-13/h2-5H,6-8H2,1H3,(H2,14,15,17,18). The highest BCUT2D eigenvalue weighted by Gasteiger charge is 2.53. The van der Waals surface area contributed by atoms with Gasteiger partial charge in [0.2, 0.25) is 10.0 Å². The SMILES string of the molecule is Cc1ccc(S(=O)(=O)N2CCC3(C2)NC(=O)NC3=O)cc1. The van der Waals surface area contributed by atoms with E-state index in [4.69, 9.17) is 0 Å². The van der Waals surface area contributed by atoms with Crippen molar-refractivity contribution >= 4 is 22.0 Å². The van der Waals surface area contributed by atoms with Gasteiger partial charge in [0.15, 0.2) is 0 Å². The van der Waals surface area contributed by atoms with E-state index in [9.17, 15) is 18.0 Å². The topological polar surface area (TPSA) is 95.6 Å². The predicted molar refractivity (Wildman–Crippen MR) is 74.0 cm³/mol. The summed E-state index contributed by atoms with van der Waals surface area (Å²) in [4.78, 5) is 23.3. The maximum Gasteiger partial charge on any atom is 0.322 e. The van der Waals surface area contributed by atoms with E-state index in [1.54, 1.807) is 24.3 Å². The summed E-state index contributed by atoms with van der Waals surface area (Å²) in [5, 5.41) is 4.69.